The van der Waals surface area contributed by atoms with E-state index in [1.165, 1.54) is 51.4 Å². The fraction of sp³-hybridized carbons (Fsp3) is 0.941. The Morgan fingerprint density at radius 1 is 1.00 bits per heavy atom. The fourth-order valence-electron chi connectivity index (χ4n) is 3.75. The molecule has 0 unspecified atom stereocenters. The van der Waals surface area contributed by atoms with Crippen molar-refractivity contribution < 1.29 is 4.79 Å². The van der Waals surface area contributed by atoms with Crippen molar-refractivity contribution >= 4 is 5.91 Å². The molecule has 1 N–H and O–H groups in total. The van der Waals surface area contributed by atoms with E-state index in [0.29, 0.717) is 11.8 Å². The van der Waals surface area contributed by atoms with Gasteiger partial charge in [-0.15, -0.1) is 0 Å². The first-order chi connectivity index (χ1) is 9.77. The first kappa shape index (κ1) is 15.8. The minimum atomic E-state index is 0.305. The number of hydrogen-bond acceptors (Lipinski definition) is 2. The molecule has 0 spiro atoms. The van der Waals surface area contributed by atoms with Crippen LogP contribution in [-0.2, 0) is 4.79 Å². The van der Waals surface area contributed by atoms with Gasteiger partial charge in [0, 0.05) is 18.5 Å². The van der Waals surface area contributed by atoms with Gasteiger partial charge in [-0.2, -0.15) is 0 Å². The third-order valence-electron chi connectivity index (χ3n) is 5.16. The highest BCUT2D eigenvalue weighted by Gasteiger charge is 2.21. The Balaban J connectivity index is 1.55. The maximum absolute atomic E-state index is 12.0. The summed E-state index contributed by atoms with van der Waals surface area (Å²) in [4.78, 5) is 14.5. The van der Waals surface area contributed by atoms with Crippen LogP contribution >= 0.6 is 0 Å². The van der Waals surface area contributed by atoms with Crippen molar-refractivity contribution in [3.8, 4) is 0 Å². The minimum absolute atomic E-state index is 0.305. The van der Waals surface area contributed by atoms with E-state index in [4.69, 9.17) is 0 Å². The van der Waals surface area contributed by atoms with E-state index in [1.807, 2.05) is 0 Å². The van der Waals surface area contributed by atoms with Gasteiger partial charge in [0.25, 0.3) is 0 Å². The van der Waals surface area contributed by atoms with Gasteiger partial charge in [0.05, 0.1) is 0 Å². The maximum atomic E-state index is 12.0. The first-order valence-electron chi connectivity index (χ1n) is 8.75. The average Bonchev–Trinajstić information content (AvgIpc) is 2.53. The second-order valence-electron chi connectivity index (χ2n) is 6.75. The van der Waals surface area contributed by atoms with Crippen LogP contribution in [0.25, 0.3) is 0 Å². The van der Waals surface area contributed by atoms with Gasteiger partial charge >= 0.3 is 0 Å². The van der Waals surface area contributed by atoms with Gasteiger partial charge in [-0.25, -0.2) is 0 Å². The number of hydrogen-bond donors (Lipinski definition) is 1. The minimum Gasteiger partial charge on any atom is -0.356 e. The molecule has 0 atom stereocenters. The topological polar surface area (TPSA) is 32.3 Å². The molecular formula is C17H32N2O. The second-order valence-corrected chi connectivity index (χ2v) is 6.75. The number of carbonyl (C=O) groups is 1. The molecule has 20 heavy (non-hydrogen) atoms. The lowest BCUT2D eigenvalue weighted by molar-refractivity contribution is -0.125. The Bertz CT molecular complexity index is 281. The fourth-order valence-corrected chi connectivity index (χ4v) is 3.75. The molecule has 2 aliphatic carbocycles. The van der Waals surface area contributed by atoms with Crippen LogP contribution in [0.15, 0.2) is 0 Å². The van der Waals surface area contributed by atoms with E-state index in [2.05, 4.69) is 17.3 Å². The Kier molecular flexibility index (Phi) is 6.85. The summed E-state index contributed by atoms with van der Waals surface area (Å²) >= 11 is 0. The standard InChI is InChI=1S/C17H32N2O/c1-19(16-11-6-3-7-12-16)14-8-13-18-17(20)15-9-4-2-5-10-15/h15-16H,2-14H2,1H3,(H,18,20). The van der Waals surface area contributed by atoms with Crippen molar-refractivity contribution in [1.82, 2.24) is 10.2 Å². The average molecular weight is 280 g/mol. The summed E-state index contributed by atoms with van der Waals surface area (Å²) in [5.74, 6) is 0.616. The highest BCUT2D eigenvalue weighted by molar-refractivity contribution is 5.78. The number of nitrogens with zero attached hydrogens (tertiary/aromatic N) is 1. The van der Waals surface area contributed by atoms with Crippen molar-refractivity contribution in [2.24, 2.45) is 5.92 Å². The van der Waals surface area contributed by atoms with Crippen molar-refractivity contribution in [3.63, 3.8) is 0 Å². The summed E-state index contributed by atoms with van der Waals surface area (Å²) in [5.41, 5.74) is 0. The summed E-state index contributed by atoms with van der Waals surface area (Å²) in [5, 5.41) is 3.15. The molecule has 2 aliphatic rings. The van der Waals surface area contributed by atoms with E-state index >= 15 is 0 Å². The van der Waals surface area contributed by atoms with Gasteiger partial charge in [-0.05, 0) is 45.7 Å². The van der Waals surface area contributed by atoms with Crippen molar-refractivity contribution in [2.45, 2.75) is 76.7 Å². The van der Waals surface area contributed by atoms with Crippen LogP contribution in [0.4, 0.5) is 0 Å². The zero-order valence-electron chi connectivity index (χ0n) is 13.2. The largest absolute Gasteiger partial charge is 0.356 e. The first-order valence-corrected chi connectivity index (χ1v) is 8.75. The quantitative estimate of drug-likeness (QED) is 0.757. The number of rotatable bonds is 6. The molecule has 0 saturated heterocycles. The third-order valence-corrected chi connectivity index (χ3v) is 5.16. The predicted molar refractivity (Wildman–Crippen MR) is 83.7 cm³/mol. The van der Waals surface area contributed by atoms with E-state index in [9.17, 15) is 4.79 Å². The van der Waals surface area contributed by atoms with Crippen LogP contribution in [0.5, 0.6) is 0 Å². The lowest BCUT2D eigenvalue weighted by Crippen LogP contribution is -2.37. The molecular weight excluding hydrogens is 248 g/mol. The molecule has 0 aromatic rings. The normalized spacial score (nSPS) is 22.1. The van der Waals surface area contributed by atoms with Gasteiger partial charge in [0.2, 0.25) is 5.91 Å². The zero-order chi connectivity index (χ0) is 14.2. The van der Waals surface area contributed by atoms with Crippen LogP contribution in [0, 0.1) is 5.92 Å². The number of nitrogens with one attached hydrogen (secondary N) is 1. The Morgan fingerprint density at radius 2 is 1.60 bits per heavy atom. The molecule has 2 saturated carbocycles. The Morgan fingerprint density at radius 3 is 2.25 bits per heavy atom. The summed E-state index contributed by atoms with van der Waals surface area (Å²) in [6.07, 6.45) is 14.0. The van der Waals surface area contributed by atoms with Crippen LogP contribution in [-0.4, -0.2) is 37.0 Å². The maximum Gasteiger partial charge on any atom is 0.223 e. The molecule has 0 aromatic carbocycles. The SMILES string of the molecule is CN(CCCNC(=O)C1CCCCC1)C1CCCCC1. The van der Waals surface area contributed by atoms with E-state index < -0.39 is 0 Å². The summed E-state index contributed by atoms with van der Waals surface area (Å²) in [6, 6.07) is 0.790. The Labute approximate surface area is 124 Å². The van der Waals surface area contributed by atoms with Gasteiger partial charge < -0.3 is 10.2 Å². The highest BCUT2D eigenvalue weighted by Crippen LogP contribution is 2.23. The second kappa shape index (κ2) is 8.66. The van der Waals surface area contributed by atoms with Gasteiger partial charge in [-0.3, -0.25) is 4.79 Å². The zero-order valence-corrected chi connectivity index (χ0v) is 13.2. The molecule has 1 amide bonds. The molecule has 0 heterocycles. The molecule has 0 bridgehead atoms. The third kappa shape index (κ3) is 5.08. The highest BCUT2D eigenvalue weighted by atomic mass is 16.1. The van der Waals surface area contributed by atoms with E-state index in [0.717, 1.165) is 38.4 Å². The van der Waals surface area contributed by atoms with Crippen molar-refractivity contribution in [2.75, 3.05) is 20.1 Å². The summed E-state index contributed by atoms with van der Waals surface area (Å²) in [6.45, 7) is 1.97. The molecule has 0 radical (unpaired) electrons. The number of carbonyl (C=O) groups excluding carboxylic acids is 1. The van der Waals surface area contributed by atoms with E-state index in [-0.39, 0.29) is 0 Å². The molecule has 116 valence electrons. The van der Waals surface area contributed by atoms with Crippen molar-refractivity contribution in [1.29, 1.82) is 0 Å². The van der Waals surface area contributed by atoms with Gasteiger partial charge in [-0.1, -0.05) is 38.5 Å². The summed E-state index contributed by atoms with van der Waals surface area (Å²) < 4.78 is 0. The van der Waals surface area contributed by atoms with E-state index in [1.54, 1.807) is 0 Å². The van der Waals surface area contributed by atoms with Crippen LogP contribution in [0.2, 0.25) is 0 Å². The molecule has 0 aromatic heterocycles. The Hall–Kier alpha value is -0.570. The van der Waals surface area contributed by atoms with Gasteiger partial charge in [0.15, 0.2) is 0 Å². The molecule has 3 heteroatoms. The lowest BCUT2D eigenvalue weighted by Gasteiger charge is -2.31. The molecule has 2 rings (SSSR count). The van der Waals surface area contributed by atoms with Crippen LogP contribution in [0.1, 0.15) is 70.6 Å². The molecule has 0 aliphatic heterocycles. The van der Waals surface area contributed by atoms with Crippen molar-refractivity contribution in [3.05, 3.63) is 0 Å². The molecule has 2 fully saturated rings. The van der Waals surface area contributed by atoms with Crippen LogP contribution in [0.3, 0.4) is 0 Å². The van der Waals surface area contributed by atoms with Crippen LogP contribution < -0.4 is 5.32 Å². The predicted octanol–water partition coefficient (Wildman–Crippen LogP) is 3.34. The van der Waals surface area contributed by atoms with Gasteiger partial charge in [0.1, 0.15) is 0 Å². The molecule has 3 nitrogen and oxygen atoms in total. The lowest BCUT2D eigenvalue weighted by atomic mass is 9.89. The summed E-state index contributed by atoms with van der Waals surface area (Å²) in [7, 11) is 2.25. The smallest absolute Gasteiger partial charge is 0.223 e. The monoisotopic (exact) mass is 280 g/mol. The number of amides is 1.